The minimum Gasteiger partial charge on any atom is -0.368 e. The summed E-state index contributed by atoms with van der Waals surface area (Å²) >= 11 is 0. The van der Waals surface area contributed by atoms with E-state index in [0.29, 0.717) is 32.1 Å². The fourth-order valence-corrected chi connectivity index (χ4v) is 3.22. The fraction of sp³-hybridized carbons (Fsp3) is 0.556. The average molecular weight is 333 g/mol. The summed E-state index contributed by atoms with van der Waals surface area (Å²) in [6, 6.07) is 6.81. The minimum atomic E-state index is -0.238. The molecule has 1 saturated heterocycles. The van der Waals surface area contributed by atoms with Gasteiger partial charge in [0, 0.05) is 57.8 Å². The Labute approximate surface area is 142 Å². The number of amides is 2. The van der Waals surface area contributed by atoms with E-state index >= 15 is 0 Å². The van der Waals surface area contributed by atoms with Crippen molar-refractivity contribution in [2.45, 2.75) is 32.2 Å². The van der Waals surface area contributed by atoms with Crippen LogP contribution in [-0.2, 0) is 9.59 Å². The zero-order valence-electron chi connectivity index (χ0n) is 14.1. The molecule has 3 rings (SSSR count). The predicted molar refractivity (Wildman–Crippen MR) is 90.2 cm³/mol. The van der Waals surface area contributed by atoms with Crippen LogP contribution in [0.1, 0.15) is 26.2 Å². The highest BCUT2D eigenvalue weighted by molar-refractivity contribution is 5.78. The van der Waals surface area contributed by atoms with Crippen molar-refractivity contribution in [3.05, 3.63) is 30.1 Å². The highest BCUT2D eigenvalue weighted by atomic mass is 19.1. The molecule has 0 aromatic heterocycles. The Morgan fingerprint density at radius 2 is 1.75 bits per heavy atom. The number of hydrogen-bond acceptors (Lipinski definition) is 3. The lowest BCUT2D eigenvalue weighted by Crippen LogP contribution is -2.49. The maximum Gasteiger partial charge on any atom is 0.224 e. The molecule has 130 valence electrons. The standard InChI is InChI=1S/C18H24FN3O2/c1-14(23)22(17-6-7-17)9-8-18(24)21-12-10-20(11-13-21)16-4-2-15(19)3-5-16/h2-5,17H,6-13H2,1H3. The van der Waals surface area contributed by atoms with Crippen LogP contribution < -0.4 is 4.90 Å². The summed E-state index contributed by atoms with van der Waals surface area (Å²) in [5, 5.41) is 0. The van der Waals surface area contributed by atoms with Crippen LogP contribution in [0.4, 0.5) is 10.1 Å². The van der Waals surface area contributed by atoms with E-state index in [1.165, 1.54) is 12.1 Å². The van der Waals surface area contributed by atoms with Gasteiger partial charge in [-0.3, -0.25) is 9.59 Å². The fourth-order valence-electron chi connectivity index (χ4n) is 3.22. The first kappa shape index (κ1) is 16.7. The molecule has 0 N–H and O–H groups in total. The molecule has 0 bridgehead atoms. The first-order chi connectivity index (χ1) is 11.5. The zero-order valence-corrected chi connectivity index (χ0v) is 14.1. The highest BCUT2D eigenvalue weighted by Crippen LogP contribution is 2.27. The second-order valence-corrected chi connectivity index (χ2v) is 6.54. The van der Waals surface area contributed by atoms with E-state index in [2.05, 4.69) is 4.90 Å². The van der Waals surface area contributed by atoms with Crippen molar-refractivity contribution >= 4 is 17.5 Å². The van der Waals surface area contributed by atoms with Gasteiger partial charge in [-0.1, -0.05) is 0 Å². The summed E-state index contributed by atoms with van der Waals surface area (Å²) in [6.45, 7) is 4.92. The molecule has 1 aromatic carbocycles. The Hall–Kier alpha value is -2.11. The maximum atomic E-state index is 13.0. The first-order valence-electron chi connectivity index (χ1n) is 8.60. The molecule has 0 unspecified atom stereocenters. The number of piperazine rings is 1. The summed E-state index contributed by atoms with van der Waals surface area (Å²) in [6.07, 6.45) is 2.51. The summed E-state index contributed by atoms with van der Waals surface area (Å²) in [5.41, 5.74) is 0.986. The van der Waals surface area contributed by atoms with Crippen LogP contribution in [-0.4, -0.2) is 60.4 Å². The molecule has 5 nitrogen and oxygen atoms in total. The number of rotatable bonds is 5. The molecule has 1 aliphatic heterocycles. The van der Waals surface area contributed by atoms with Gasteiger partial charge in [-0.25, -0.2) is 4.39 Å². The highest BCUT2D eigenvalue weighted by Gasteiger charge is 2.31. The lowest BCUT2D eigenvalue weighted by atomic mass is 10.2. The Morgan fingerprint density at radius 3 is 2.29 bits per heavy atom. The summed E-state index contributed by atoms with van der Waals surface area (Å²) in [5.74, 6) is -0.0645. The third kappa shape index (κ3) is 4.04. The van der Waals surface area contributed by atoms with Gasteiger partial charge in [-0.2, -0.15) is 0 Å². The molecule has 1 heterocycles. The topological polar surface area (TPSA) is 43.9 Å². The van der Waals surface area contributed by atoms with E-state index in [1.54, 1.807) is 19.1 Å². The van der Waals surface area contributed by atoms with E-state index < -0.39 is 0 Å². The number of benzene rings is 1. The summed E-state index contributed by atoms with van der Waals surface area (Å²) in [4.78, 5) is 29.8. The number of anilines is 1. The van der Waals surface area contributed by atoms with Crippen LogP contribution in [0, 0.1) is 5.82 Å². The van der Waals surface area contributed by atoms with Crippen LogP contribution in [0.25, 0.3) is 0 Å². The van der Waals surface area contributed by atoms with E-state index in [1.807, 2.05) is 9.80 Å². The minimum absolute atomic E-state index is 0.0615. The molecule has 0 atom stereocenters. The lowest BCUT2D eigenvalue weighted by molar-refractivity contribution is -0.133. The lowest BCUT2D eigenvalue weighted by Gasteiger charge is -2.36. The molecular formula is C18H24FN3O2. The van der Waals surface area contributed by atoms with Crippen molar-refractivity contribution in [1.82, 2.24) is 9.80 Å². The van der Waals surface area contributed by atoms with Crippen molar-refractivity contribution in [1.29, 1.82) is 0 Å². The van der Waals surface area contributed by atoms with Crippen molar-refractivity contribution in [2.75, 3.05) is 37.6 Å². The van der Waals surface area contributed by atoms with Gasteiger partial charge in [0.25, 0.3) is 0 Å². The normalized spacial score (nSPS) is 17.8. The van der Waals surface area contributed by atoms with Gasteiger partial charge in [0.15, 0.2) is 0 Å². The molecule has 2 fully saturated rings. The molecule has 6 heteroatoms. The van der Waals surface area contributed by atoms with Crippen LogP contribution >= 0.6 is 0 Å². The predicted octanol–water partition coefficient (Wildman–Crippen LogP) is 1.88. The van der Waals surface area contributed by atoms with Crippen LogP contribution in [0.2, 0.25) is 0 Å². The summed E-state index contributed by atoms with van der Waals surface area (Å²) < 4.78 is 13.0. The maximum absolute atomic E-state index is 13.0. The van der Waals surface area contributed by atoms with Crippen LogP contribution in [0.5, 0.6) is 0 Å². The number of nitrogens with zero attached hydrogens (tertiary/aromatic N) is 3. The number of hydrogen-bond donors (Lipinski definition) is 0. The van der Waals surface area contributed by atoms with E-state index in [-0.39, 0.29) is 17.6 Å². The van der Waals surface area contributed by atoms with Gasteiger partial charge >= 0.3 is 0 Å². The third-order valence-corrected chi connectivity index (χ3v) is 4.78. The monoisotopic (exact) mass is 333 g/mol. The second kappa shape index (κ2) is 7.20. The Bertz CT molecular complexity index is 593. The molecule has 2 amide bonds. The average Bonchev–Trinajstić information content (AvgIpc) is 3.40. The van der Waals surface area contributed by atoms with Crippen molar-refractivity contribution < 1.29 is 14.0 Å². The Kier molecular flexibility index (Phi) is 5.02. The van der Waals surface area contributed by atoms with Crippen LogP contribution in [0.3, 0.4) is 0 Å². The van der Waals surface area contributed by atoms with Crippen molar-refractivity contribution in [2.24, 2.45) is 0 Å². The summed E-state index contributed by atoms with van der Waals surface area (Å²) in [7, 11) is 0. The van der Waals surface area contributed by atoms with E-state index in [4.69, 9.17) is 0 Å². The molecule has 24 heavy (non-hydrogen) atoms. The van der Waals surface area contributed by atoms with Gasteiger partial charge < -0.3 is 14.7 Å². The van der Waals surface area contributed by atoms with Crippen molar-refractivity contribution in [3.63, 3.8) is 0 Å². The van der Waals surface area contributed by atoms with Gasteiger partial charge in [-0.05, 0) is 37.1 Å². The molecular weight excluding hydrogens is 309 g/mol. The second-order valence-electron chi connectivity index (χ2n) is 6.54. The Balaban J connectivity index is 1.46. The smallest absolute Gasteiger partial charge is 0.224 e. The molecule has 1 aliphatic carbocycles. The zero-order chi connectivity index (χ0) is 17.1. The molecule has 2 aliphatic rings. The Morgan fingerprint density at radius 1 is 1.12 bits per heavy atom. The molecule has 1 aromatic rings. The van der Waals surface area contributed by atoms with Gasteiger partial charge in [0.1, 0.15) is 5.82 Å². The van der Waals surface area contributed by atoms with Gasteiger partial charge in [-0.15, -0.1) is 0 Å². The molecule has 0 spiro atoms. The van der Waals surface area contributed by atoms with Gasteiger partial charge in [0.05, 0.1) is 0 Å². The molecule has 1 saturated carbocycles. The largest absolute Gasteiger partial charge is 0.368 e. The van der Waals surface area contributed by atoms with Gasteiger partial charge in [0.2, 0.25) is 11.8 Å². The molecule has 0 radical (unpaired) electrons. The number of halogens is 1. The quantitative estimate of drug-likeness (QED) is 0.826. The third-order valence-electron chi connectivity index (χ3n) is 4.78. The van der Waals surface area contributed by atoms with Crippen molar-refractivity contribution in [3.8, 4) is 0 Å². The van der Waals surface area contributed by atoms with E-state index in [9.17, 15) is 14.0 Å². The SMILES string of the molecule is CC(=O)N(CCC(=O)N1CCN(c2ccc(F)cc2)CC1)C1CC1. The van der Waals surface area contributed by atoms with Crippen LogP contribution in [0.15, 0.2) is 24.3 Å². The first-order valence-corrected chi connectivity index (χ1v) is 8.60. The van der Waals surface area contributed by atoms with E-state index in [0.717, 1.165) is 31.6 Å². The number of carbonyl (C=O) groups is 2. The number of carbonyl (C=O) groups excluding carboxylic acids is 2.